The lowest BCUT2D eigenvalue weighted by Gasteiger charge is -2.48. The van der Waals surface area contributed by atoms with Gasteiger partial charge in [0, 0.05) is 0 Å². The van der Waals surface area contributed by atoms with Crippen LogP contribution in [0.1, 0.15) is 0 Å². The van der Waals surface area contributed by atoms with Gasteiger partial charge in [0.05, 0.1) is 0 Å². The first kappa shape index (κ1) is 35.1. The fraction of sp³-hybridized carbons (Fsp3) is 0.867. The van der Waals surface area contributed by atoms with Gasteiger partial charge in [-0.3, -0.25) is 0 Å². The van der Waals surface area contributed by atoms with E-state index in [1.165, 1.54) is 0 Å². The third kappa shape index (κ3) is 2.85. The van der Waals surface area contributed by atoms with Crippen LogP contribution in [0.4, 0.5) is 114 Å². The molecule has 0 aromatic carbocycles. The van der Waals surface area contributed by atoms with Crippen LogP contribution >= 0.6 is 0 Å². The van der Waals surface area contributed by atoms with Gasteiger partial charge in [-0.25, -0.2) is 22.0 Å². The molecule has 2 aliphatic rings. The molecule has 2 aliphatic carbocycles. The van der Waals surface area contributed by atoms with Crippen LogP contribution in [-0.4, -0.2) is 71.1 Å². The molecule has 1 saturated carbocycles. The Labute approximate surface area is 203 Å². The average molecular weight is 674 g/mol. The summed E-state index contributed by atoms with van der Waals surface area (Å²) >= 11 is 0. The Balaban J connectivity index is 2.98. The van der Waals surface area contributed by atoms with E-state index in [0.29, 0.717) is 0 Å². The van der Waals surface area contributed by atoms with Crippen LogP contribution in [0.25, 0.3) is 0 Å². The fourth-order valence-corrected chi connectivity index (χ4v) is 3.90. The molecule has 0 aliphatic heterocycles. The van der Waals surface area contributed by atoms with Crippen LogP contribution in [0.2, 0.25) is 0 Å². The molecule has 26 heteroatoms. The number of rotatable bonds is 7. The summed E-state index contributed by atoms with van der Waals surface area (Å²) in [6, 6.07) is 0. The second-order valence-electron chi connectivity index (χ2n) is 8.28. The quantitative estimate of drug-likeness (QED) is 0.237. The molecule has 0 saturated heterocycles. The zero-order valence-electron chi connectivity index (χ0n) is 17.3. The van der Waals surface area contributed by atoms with Crippen LogP contribution in [0, 0.1) is 5.41 Å². The molecule has 0 spiro atoms. The van der Waals surface area contributed by atoms with Crippen LogP contribution in [0.3, 0.4) is 0 Å². The molecule has 2 unspecified atom stereocenters. The molecule has 41 heavy (non-hydrogen) atoms. The van der Waals surface area contributed by atoms with Gasteiger partial charge in [-0.2, -0.15) is 92.2 Å². The predicted octanol–water partition coefficient (Wildman–Crippen LogP) is 8.77. The number of alkyl halides is 24. The van der Waals surface area contributed by atoms with E-state index in [0.717, 1.165) is 0 Å². The summed E-state index contributed by atoms with van der Waals surface area (Å²) in [5.74, 6) is -100. The summed E-state index contributed by atoms with van der Waals surface area (Å²) in [5, 5.41) is 0. The lowest BCUT2D eigenvalue weighted by molar-refractivity contribution is -0.472. The van der Waals surface area contributed by atoms with Crippen molar-refractivity contribution in [3.8, 4) is 0 Å². The number of hydrogen-bond acceptors (Lipinski definition) is 0. The Morgan fingerprint density at radius 2 is 0.634 bits per heavy atom. The van der Waals surface area contributed by atoms with E-state index in [1.54, 1.807) is 0 Å². The molecule has 1 fully saturated rings. The summed E-state index contributed by atoms with van der Waals surface area (Å²) in [7, 11) is 0. The maximum absolute atomic E-state index is 14.4. The molecule has 0 nitrogen and oxygen atoms in total. The summed E-state index contributed by atoms with van der Waals surface area (Å²) in [6.45, 7) is 0. The van der Waals surface area contributed by atoms with Gasteiger partial charge >= 0.3 is 65.4 Å². The van der Waals surface area contributed by atoms with Crippen molar-refractivity contribution in [1.29, 1.82) is 0 Å². The normalized spacial score (nSPS) is 29.4. The van der Waals surface area contributed by atoms with E-state index >= 15 is 0 Å². The van der Waals surface area contributed by atoms with Crippen molar-refractivity contribution in [1.82, 2.24) is 0 Å². The molecule has 0 aromatic rings. The number of halogens is 26. The summed E-state index contributed by atoms with van der Waals surface area (Å²) < 4.78 is 352. The number of hydrogen-bond donors (Lipinski definition) is 0. The molecule has 2 rings (SSSR count). The summed E-state index contributed by atoms with van der Waals surface area (Å²) in [4.78, 5) is 0. The first-order valence-electron chi connectivity index (χ1n) is 8.91. The van der Waals surface area contributed by atoms with E-state index in [1.807, 2.05) is 0 Å². The predicted molar refractivity (Wildman–Crippen MR) is 71.0 cm³/mol. The fourth-order valence-electron chi connectivity index (χ4n) is 3.90. The van der Waals surface area contributed by atoms with Crippen LogP contribution in [0.5, 0.6) is 0 Å². The van der Waals surface area contributed by atoms with Crippen LogP contribution < -0.4 is 0 Å². The lowest BCUT2D eigenvalue weighted by atomic mass is 9.69. The van der Waals surface area contributed by atoms with Crippen molar-refractivity contribution < 1.29 is 114 Å². The molecule has 0 radical (unpaired) electrons. The first-order chi connectivity index (χ1) is 17.3. The minimum atomic E-state index is -9.66. The van der Waals surface area contributed by atoms with Gasteiger partial charge in [0.2, 0.25) is 5.41 Å². The van der Waals surface area contributed by atoms with Gasteiger partial charge in [0.1, 0.15) is 0 Å². The van der Waals surface area contributed by atoms with Crippen molar-refractivity contribution in [2.24, 2.45) is 5.41 Å². The second-order valence-corrected chi connectivity index (χ2v) is 8.28. The number of fused-ring (bicyclic) bond motifs is 2. The van der Waals surface area contributed by atoms with Crippen LogP contribution in [0.15, 0.2) is 11.7 Å². The van der Waals surface area contributed by atoms with Gasteiger partial charge in [-0.05, 0) is 0 Å². The van der Waals surface area contributed by atoms with Crippen LogP contribution in [-0.2, 0) is 0 Å². The van der Waals surface area contributed by atoms with Crippen molar-refractivity contribution in [2.45, 2.75) is 71.1 Å². The Bertz CT molecular complexity index is 1130. The van der Waals surface area contributed by atoms with Gasteiger partial charge in [-0.15, -0.1) is 0 Å². The highest BCUT2D eigenvalue weighted by molar-refractivity contribution is 5.53. The molecule has 2 bridgehead atoms. The van der Waals surface area contributed by atoms with Crippen molar-refractivity contribution in [3.63, 3.8) is 0 Å². The van der Waals surface area contributed by atoms with Crippen molar-refractivity contribution in [3.05, 3.63) is 11.7 Å². The zero-order chi connectivity index (χ0) is 33.7. The van der Waals surface area contributed by atoms with Gasteiger partial charge < -0.3 is 0 Å². The standard InChI is InChI=1S/C15F26/c16-1-2(17)4(18)5(19,20)3(1,6(21,22)8(4,25)26)7(23,24)9(27,28)10(29,30)11(31,32)12(33,34)13(35,36)14(37,38)15(39,40)41. The van der Waals surface area contributed by atoms with Gasteiger partial charge in [0.15, 0.2) is 11.7 Å². The highest BCUT2D eigenvalue weighted by Crippen LogP contribution is 2.85. The minimum absolute atomic E-state index is 4.90. The average Bonchev–Trinajstić information content (AvgIpc) is 2.91. The Morgan fingerprint density at radius 1 is 0.341 bits per heavy atom. The molecule has 0 N–H and O–H groups in total. The van der Waals surface area contributed by atoms with E-state index in [-0.39, 0.29) is 0 Å². The van der Waals surface area contributed by atoms with Gasteiger partial charge in [0.25, 0.3) is 5.67 Å². The maximum Gasteiger partial charge on any atom is 0.460 e. The van der Waals surface area contributed by atoms with Crippen molar-refractivity contribution >= 4 is 0 Å². The molecule has 242 valence electrons. The second kappa shape index (κ2) is 7.70. The van der Waals surface area contributed by atoms with E-state index in [9.17, 15) is 114 Å². The largest absolute Gasteiger partial charge is 0.460 e. The molecular formula is C15F26. The molecule has 0 amide bonds. The molecular weight excluding hydrogens is 674 g/mol. The third-order valence-electron chi connectivity index (χ3n) is 6.22. The van der Waals surface area contributed by atoms with E-state index in [4.69, 9.17) is 0 Å². The molecule has 2 atom stereocenters. The monoisotopic (exact) mass is 674 g/mol. The SMILES string of the molecule is FC1=C(F)C2(C(F)(F)C(F)(F)C(F)(F)C(F)(F)C(F)(F)C(F)(F)C(F)(F)C(F)(F)F)C(F)(F)C(F)(F)C1(F)C2(F)F. The van der Waals surface area contributed by atoms with E-state index in [2.05, 4.69) is 0 Å². The lowest BCUT2D eigenvalue weighted by Crippen LogP contribution is -2.77. The van der Waals surface area contributed by atoms with Gasteiger partial charge in [-0.1, -0.05) is 0 Å². The number of allylic oxidation sites excluding steroid dienone is 2. The first-order valence-corrected chi connectivity index (χ1v) is 8.91. The molecule has 0 aromatic heterocycles. The summed E-state index contributed by atoms with van der Waals surface area (Å²) in [6.07, 6.45) is -8.20. The third-order valence-corrected chi connectivity index (χ3v) is 6.22. The zero-order valence-corrected chi connectivity index (χ0v) is 17.3. The highest BCUT2D eigenvalue weighted by atomic mass is 19.4. The summed E-state index contributed by atoms with van der Waals surface area (Å²) in [5.41, 5.74) is -16.0. The Kier molecular flexibility index (Phi) is 6.60. The maximum atomic E-state index is 14.4. The highest BCUT2D eigenvalue weighted by Gasteiger charge is 3.11. The topological polar surface area (TPSA) is 0 Å². The Morgan fingerprint density at radius 3 is 0.951 bits per heavy atom. The van der Waals surface area contributed by atoms with E-state index < -0.39 is 88.1 Å². The minimum Gasteiger partial charge on any atom is -0.222 e. The smallest absolute Gasteiger partial charge is 0.222 e. The Hall–Kier alpha value is -2.08. The van der Waals surface area contributed by atoms with Crippen molar-refractivity contribution in [2.75, 3.05) is 0 Å². The molecule has 0 heterocycles.